The molecule has 0 atom stereocenters. The number of aryl methyl sites for hydroxylation is 1. The Bertz CT molecular complexity index is 773. The first-order valence-electron chi connectivity index (χ1n) is 8.44. The molecule has 6 heteroatoms. The quantitative estimate of drug-likeness (QED) is 0.630. The molecule has 1 N–H and O–H groups in total. The van der Waals surface area contributed by atoms with Crippen molar-refractivity contribution in [2.24, 2.45) is 0 Å². The summed E-state index contributed by atoms with van der Waals surface area (Å²) in [6, 6.07) is 15.4. The number of halogens is 1. The molecule has 0 aliphatic rings. The van der Waals surface area contributed by atoms with Gasteiger partial charge < -0.3 is 14.8 Å². The first kappa shape index (κ1) is 19.8. The normalized spacial score (nSPS) is 10.0. The van der Waals surface area contributed by atoms with Crippen LogP contribution in [-0.4, -0.2) is 25.7 Å². The average molecular weight is 417 g/mol. The molecule has 0 fully saturated rings. The van der Waals surface area contributed by atoms with Gasteiger partial charge in [0.25, 0.3) is 5.91 Å². The molecule has 26 heavy (non-hydrogen) atoms. The van der Waals surface area contributed by atoms with Gasteiger partial charge in [0, 0.05) is 12.6 Å². The third kappa shape index (κ3) is 6.08. The minimum absolute atomic E-state index is 0.115. The monoisotopic (exact) mass is 416 g/mol. The van der Waals surface area contributed by atoms with Crippen molar-refractivity contribution >= 4 is 21.8 Å². The zero-order chi connectivity index (χ0) is 18.8. The van der Waals surface area contributed by atoms with E-state index in [1.165, 1.54) is 5.56 Å². The third-order valence-corrected chi connectivity index (χ3v) is 4.18. The van der Waals surface area contributed by atoms with E-state index in [-0.39, 0.29) is 12.5 Å². The molecule has 0 spiro atoms. The average Bonchev–Trinajstić information content (AvgIpc) is 2.65. The maximum Gasteiger partial charge on any atom is 0.257 e. The first-order chi connectivity index (χ1) is 12.6. The minimum atomic E-state index is -0.197. The first-order valence-corrected chi connectivity index (χ1v) is 9.23. The second-order valence-corrected chi connectivity index (χ2v) is 6.41. The fraction of sp³-hybridized carbons (Fsp3) is 0.300. The van der Waals surface area contributed by atoms with Gasteiger partial charge >= 0.3 is 0 Å². The van der Waals surface area contributed by atoms with Crippen molar-refractivity contribution in [3.05, 3.63) is 58.1 Å². The van der Waals surface area contributed by atoms with Gasteiger partial charge in [-0.05, 0) is 47.3 Å². The summed E-state index contributed by atoms with van der Waals surface area (Å²) in [6.07, 6.45) is 1.78. The minimum Gasteiger partial charge on any atom is -0.490 e. The summed E-state index contributed by atoms with van der Waals surface area (Å²) in [5.41, 5.74) is 1.71. The van der Waals surface area contributed by atoms with Crippen LogP contribution < -0.4 is 14.8 Å². The molecule has 0 aliphatic carbocycles. The lowest BCUT2D eigenvalue weighted by atomic mass is 10.1. The van der Waals surface area contributed by atoms with Gasteiger partial charge in [0.15, 0.2) is 18.1 Å². The van der Waals surface area contributed by atoms with Gasteiger partial charge in [-0.25, -0.2) is 0 Å². The lowest BCUT2D eigenvalue weighted by Gasteiger charge is -2.14. The predicted molar refractivity (Wildman–Crippen MR) is 103 cm³/mol. The van der Waals surface area contributed by atoms with Crippen molar-refractivity contribution in [1.29, 1.82) is 5.26 Å². The molecule has 0 heterocycles. The van der Waals surface area contributed by atoms with Crippen LogP contribution in [0.5, 0.6) is 11.5 Å². The van der Waals surface area contributed by atoms with Gasteiger partial charge in [0.1, 0.15) is 0 Å². The van der Waals surface area contributed by atoms with Crippen LogP contribution in [0.1, 0.15) is 24.5 Å². The van der Waals surface area contributed by atoms with Crippen LogP contribution in [0.4, 0.5) is 0 Å². The van der Waals surface area contributed by atoms with Gasteiger partial charge in [-0.15, -0.1) is 0 Å². The van der Waals surface area contributed by atoms with E-state index >= 15 is 0 Å². The largest absolute Gasteiger partial charge is 0.490 e. The number of ether oxygens (including phenoxy) is 2. The van der Waals surface area contributed by atoms with E-state index in [4.69, 9.17) is 14.7 Å². The van der Waals surface area contributed by atoms with Gasteiger partial charge in [0.05, 0.1) is 22.7 Å². The van der Waals surface area contributed by atoms with E-state index in [9.17, 15) is 4.79 Å². The number of nitrogens with one attached hydrogen (secondary N) is 1. The fourth-order valence-electron chi connectivity index (χ4n) is 2.39. The van der Waals surface area contributed by atoms with Crippen molar-refractivity contribution in [1.82, 2.24) is 5.32 Å². The molecule has 0 aliphatic heterocycles. The maximum atomic E-state index is 12.0. The number of amides is 1. The molecule has 0 unspecified atom stereocenters. The highest BCUT2D eigenvalue weighted by Gasteiger charge is 2.14. The zero-order valence-electron chi connectivity index (χ0n) is 14.6. The Morgan fingerprint density at radius 3 is 2.69 bits per heavy atom. The Kier molecular flexibility index (Phi) is 7.97. The SMILES string of the molecule is CCOc1cc(C#N)cc(Br)c1OCC(=O)NCCCc1ccccc1. The Hall–Kier alpha value is -2.52. The molecule has 0 bridgehead atoms. The lowest BCUT2D eigenvalue weighted by molar-refractivity contribution is -0.123. The van der Waals surface area contributed by atoms with E-state index in [0.29, 0.717) is 34.7 Å². The lowest BCUT2D eigenvalue weighted by Crippen LogP contribution is -2.30. The molecule has 136 valence electrons. The van der Waals surface area contributed by atoms with E-state index in [1.807, 2.05) is 25.1 Å². The summed E-state index contributed by atoms with van der Waals surface area (Å²) in [6.45, 7) is 2.75. The van der Waals surface area contributed by atoms with Crippen molar-refractivity contribution in [3.63, 3.8) is 0 Å². The zero-order valence-corrected chi connectivity index (χ0v) is 16.2. The van der Waals surface area contributed by atoms with Gasteiger partial charge in [-0.2, -0.15) is 5.26 Å². The molecule has 1 amide bonds. The highest BCUT2D eigenvalue weighted by Crippen LogP contribution is 2.36. The Morgan fingerprint density at radius 1 is 1.23 bits per heavy atom. The standard InChI is InChI=1S/C20H21BrN2O3/c1-2-25-18-12-16(13-22)11-17(21)20(18)26-14-19(24)23-10-6-9-15-7-4-3-5-8-15/h3-5,7-8,11-12H,2,6,9-10,14H2,1H3,(H,23,24). The molecule has 2 aromatic carbocycles. The number of hydrogen-bond donors (Lipinski definition) is 1. The molecule has 0 saturated heterocycles. The molecule has 0 aromatic heterocycles. The van der Waals surface area contributed by atoms with Crippen LogP contribution in [0, 0.1) is 11.3 Å². The molecule has 5 nitrogen and oxygen atoms in total. The maximum absolute atomic E-state index is 12.0. The summed E-state index contributed by atoms with van der Waals surface area (Å²) >= 11 is 3.36. The highest BCUT2D eigenvalue weighted by molar-refractivity contribution is 9.10. The highest BCUT2D eigenvalue weighted by atomic mass is 79.9. The summed E-state index contributed by atoms with van der Waals surface area (Å²) in [5, 5.41) is 11.9. The molecule has 0 radical (unpaired) electrons. The summed E-state index contributed by atoms with van der Waals surface area (Å²) in [7, 11) is 0. The molecular formula is C20H21BrN2O3. The topological polar surface area (TPSA) is 71.3 Å². The Balaban J connectivity index is 1.82. The number of benzene rings is 2. The van der Waals surface area contributed by atoms with E-state index in [0.717, 1.165) is 12.8 Å². The van der Waals surface area contributed by atoms with Crippen molar-refractivity contribution < 1.29 is 14.3 Å². The van der Waals surface area contributed by atoms with Crippen LogP contribution >= 0.6 is 15.9 Å². The number of nitrogens with zero attached hydrogens (tertiary/aromatic N) is 1. The molecular weight excluding hydrogens is 396 g/mol. The molecule has 2 rings (SSSR count). The van der Waals surface area contributed by atoms with Crippen LogP contribution in [-0.2, 0) is 11.2 Å². The second kappa shape index (κ2) is 10.5. The molecule has 2 aromatic rings. The van der Waals surface area contributed by atoms with E-state index < -0.39 is 0 Å². The number of carbonyl (C=O) groups is 1. The number of hydrogen-bond acceptors (Lipinski definition) is 4. The summed E-state index contributed by atoms with van der Waals surface area (Å²) < 4.78 is 11.7. The third-order valence-electron chi connectivity index (χ3n) is 3.59. The Morgan fingerprint density at radius 2 is 2.00 bits per heavy atom. The van der Waals surface area contributed by atoms with Crippen molar-refractivity contribution in [2.45, 2.75) is 19.8 Å². The Labute approximate surface area is 162 Å². The fourth-order valence-corrected chi connectivity index (χ4v) is 2.95. The van der Waals surface area contributed by atoms with Crippen LogP contribution in [0.3, 0.4) is 0 Å². The number of carbonyl (C=O) groups excluding carboxylic acids is 1. The van der Waals surface area contributed by atoms with E-state index in [2.05, 4.69) is 39.4 Å². The predicted octanol–water partition coefficient (Wildman–Crippen LogP) is 3.85. The van der Waals surface area contributed by atoms with Gasteiger partial charge in [-0.1, -0.05) is 30.3 Å². The van der Waals surface area contributed by atoms with Crippen LogP contribution in [0.15, 0.2) is 46.9 Å². The summed E-state index contributed by atoms with van der Waals surface area (Å²) in [5.74, 6) is 0.664. The van der Waals surface area contributed by atoms with Crippen LogP contribution in [0.25, 0.3) is 0 Å². The molecule has 0 saturated carbocycles. The van der Waals surface area contributed by atoms with Gasteiger partial charge in [-0.3, -0.25) is 4.79 Å². The van der Waals surface area contributed by atoms with Gasteiger partial charge in [0.2, 0.25) is 0 Å². The van der Waals surface area contributed by atoms with Crippen LogP contribution in [0.2, 0.25) is 0 Å². The van der Waals surface area contributed by atoms with E-state index in [1.54, 1.807) is 12.1 Å². The number of rotatable bonds is 9. The van der Waals surface area contributed by atoms with Crippen molar-refractivity contribution in [3.8, 4) is 17.6 Å². The number of nitriles is 1. The van der Waals surface area contributed by atoms with Crippen molar-refractivity contribution in [2.75, 3.05) is 19.8 Å². The second-order valence-electron chi connectivity index (χ2n) is 5.56. The smallest absolute Gasteiger partial charge is 0.257 e. The summed E-state index contributed by atoms with van der Waals surface area (Å²) in [4.78, 5) is 12.0.